The summed E-state index contributed by atoms with van der Waals surface area (Å²) in [6.45, 7) is 2.10. The first-order valence-electron chi connectivity index (χ1n) is 7.77. The number of ether oxygens (including phenoxy) is 2. The highest BCUT2D eigenvalue weighted by Gasteiger charge is 2.47. The van der Waals surface area contributed by atoms with Gasteiger partial charge < -0.3 is 14.8 Å². The lowest BCUT2D eigenvalue weighted by atomic mass is 9.83. The van der Waals surface area contributed by atoms with Crippen LogP contribution in [0, 0.1) is 0 Å². The molecular formula is C18H15Cl2NO3. The maximum absolute atomic E-state index is 12.5. The van der Waals surface area contributed by atoms with Gasteiger partial charge in [0.1, 0.15) is 17.6 Å². The molecule has 0 saturated carbocycles. The van der Waals surface area contributed by atoms with Crippen molar-refractivity contribution in [2.45, 2.75) is 24.3 Å². The van der Waals surface area contributed by atoms with Crippen LogP contribution in [0.15, 0.2) is 58.5 Å². The second-order valence-electron chi connectivity index (χ2n) is 5.78. The van der Waals surface area contributed by atoms with Crippen molar-refractivity contribution in [3.63, 3.8) is 0 Å². The zero-order chi connectivity index (χ0) is 16.8. The molecule has 4 rings (SSSR count). The van der Waals surface area contributed by atoms with Crippen molar-refractivity contribution in [3.8, 4) is 5.75 Å². The van der Waals surface area contributed by atoms with Gasteiger partial charge in [0.2, 0.25) is 0 Å². The zero-order valence-electron chi connectivity index (χ0n) is 12.9. The number of rotatable bonds is 2. The SMILES string of the molecule is CCOC(=O)C1NC2=CC(Cl)=CC(Cl)C2=C2Oc3ccccc3C21. The molecule has 1 aliphatic carbocycles. The number of carbonyl (C=O) groups excluding carboxylic acids is 1. The summed E-state index contributed by atoms with van der Waals surface area (Å²) in [5.74, 6) is 0.850. The molecule has 2 aliphatic heterocycles. The normalized spacial score (nSPS) is 27.0. The molecule has 4 nitrogen and oxygen atoms in total. The van der Waals surface area contributed by atoms with E-state index in [4.69, 9.17) is 32.7 Å². The minimum Gasteiger partial charge on any atom is -0.464 e. The molecule has 1 aromatic carbocycles. The van der Waals surface area contributed by atoms with Gasteiger partial charge in [-0.25, -0.2) is 4.79 Å². The van der Waals surface area contributed by atoms with E-state index in [2.05, 4.69) is 5.32 Å². The van der Waals surface area contributed by atoms with Gasteiger partial charge >= 0.3 is 5.97 Å². The van der Waals surface area contributed by atoms with E-state index in [1.807, 2.05) is 24.3 Å². The van der Waals surface area contributed by atoms with E-state index in [1.165, 1.54) is 0 Å². The lowest BCUT2D eigenvalue weighted by molar-refractivity contribution is -0.146. The van der Waals surface area contributed by atoms with Crippen molar-refractivity contribution in [1.82, 2.24) is 5.32 Å². The maximum atomic E-state index is 12.5. The van der Waals surface area contributed by atoms with Gasteiger partial charge in [-0.15, -0.1) is 11.6 Å². The molecule has 124 valence electrons. The Morgan fingerprint density at radius 2 is 2.17 bits per heavy atom. The number of benzene rings is 1. The van der Waals surface area contributed by atoms with Crippen LogP contribution in [0.5, 0.6) is 5.75 Å². The number of carbonyl (C=O) groups is 1. The fourth-order valence-corrected chi connectivity index (χ4v) is 4.07. The van der Waals surface area contributed by atoms with Crippen LogP contribution in [0.3, 0.4) is 0 Å². The van der Waals surface area contributed by atoms with Gasteiger partial charge in [-0.3, -0.25) is 0 Å². The molecule has 6 heteroatoms. The Morgan fingerprint density at radius 3 is 2.96 bits per heavy atom. The Balaban J connectivity index is 1.88. The van der Waals surface area contributed by atoms with Crippen LogP contribution in [-0.2, 0) is 9.53 Å². The number of nitrogens with one attached hydrogen (secondary N) is 1. The standard InChI is InChI=1S/C18H15Cl2NO3/c1-2-23-18(22)16-14-10-5-3-4-6-13(10)24-17(14)15-11(20)7-9(19)8-12(15)21-16/h3-8,11,14,16,21H,2H2,1H3. The minimum atomic E-state index is -0.579. The van der Waals surface area contributed by atoms with Crippen LogP contribution >= 0.6 is 23.2 Å². The third-order valence-electron chi connectivity index (χ3n) is 4.36. The number of alkyl halides is 1. The van der Waals surface area contributed by atoms with Crippen LogP contribution in [-0.4, -0.2) is 24.0 Å². The Morgan fingerprint density at radius 1 is 1.38 bits per heavy atom. The van der Waals surface area contributed by atoms with E-state index in [9.17, 15) is 4.79 Å². The highest BCUT2D eigenvalue weighted by atomic mass is 35.5. The van der Waals surface area contributed by atoms with Crippen molar-refractivity contribution in [3.05, 3.63) is 64.0 Å². The number of halogens is 2. The third-order valence-corrected chi connectivity index (χ3v) is 4.94. The van der Waals surface area contributed by atoms with Crippen LogP contribution in [0.1, 0.15) is 18.4 Å². The van der Waals surface area contributed by atoms with E-state index >= 15 is 0 Å². The molecular weight excluding hydrogens is 349 g/mol. The predicted octanol–water partition coefficient (Wildman–Crippen LogP) is 3.58. The lowest BCUT2D eigenvalue weighted by Crippen LogP contribution is -2.47. The molecule has 0 radical (unpaired) electrons. The van der Waals surface area contributed by atoms with Crippen LogP contribution in [0.4, 0.5) is 0 Å². The summed E-state index contributed by atoms with van der Waals surface area (Å²) in [5.41, 5.74) is 2.48. The fraction of sp³-hybridized carbons (Fsp3) is 0.278. The summed E-state index contributed by atoms with van der Waals surface area (Å²) < 4.78 is 11.3. The number of fused-ring (bicyclic) bond motifs is 4. The average Bonchev–Trinajstić information content (AvgIpc) is 2.92. The average molecular weight is 364 g/mol. The first-order chi connectivity index (χ1) is 11.6. The predicted molar refractivity (Wildman–Crippen MR) is 92.1 cm³/mol. The molecule has 2 heterocycles. The summed E-state index contributed by atoms with van der Waals surface area (Å²) in [6.07, 6.45) is 3.52. The number of esters is 1. The van der Waals surface area contributed by atoms with Gasteiger partial charge in [0, 0.05) is 21.9 Å². The molecule has 0 aromatic heterocycles. The second kappa shape index (κ2) is 5.87. The smallest absolute Gasteiger partial charge is 0.329 e. The van der Waals surface area contributed by atoms with Gasteiger partial charge in [0.25, 0.3) is 0 Å². The van der Waals surface area contributed by atoms with Crippen LogP contribution in [0.25, 0.3) is 0 Å². The van der Waals surface area contributed by atoms with Crippen molar-refractivity contribution in [1.29, 1.82) is 0 Å². The van der Waals surface area contributed by atoms with Gasteiger partial charge in [-0.05, 0) is 25.1 Å². The molecule has 3 atom stereocenters. The maximum Gasteiger partial charge on any atom is 0.329 e. The fourth-order valence-electron chi connectivity index (χ4n) is 3.41. The summed E-state index contributed by atoms with van der Waals surface area (Å²) in [7, 11) is 0. The summed E-state index contributed by atoms with van der Waals surface area (Å²) in [4.78, 5) is 12.5. The molecule has 0 saturated heterocycles. The number of hydrogen-bond donors (Lipinski definition) is 1. The minimum absolute atomic E-state index is 0.265. The summed E-state index contributed by atoms with van der Waals surface area (Å²) in [5, 5.41) is 3.36. The van der Waals surface area contributed by atoms with E-state index in [-0.39, 0.29) is 11.9 Å². The van der Waals surface area contributed by atoms with Crippen LogP contribution in [0.2, 0.25) is 0 Å². The Kier molecular flexibility index (Phi) is 3.82. The molecule has 0 spiro atoms. The highest BCUT2D eigenvalue weighted by Crippen LogP contribution is 2.49. The van der Waals surface area contributed by atoms with Gasteiger partial charge in [0.15, 0.2) is 0 Å². The quantitative estimate of drug-likeness (QED) is 0.644. The zero-order valence-corrected chi connectivity index (χ0v) is 14.4. The monoisotopic (exact) mass is 363 g/mol. The highest BCUT2D eigenvalue weighted by molar-refractivity contribution is 6.33. The first-order valence-corrected chi connectivity index (χ1v) is 8.59. The van der Waals surface area contributed by atoms with Gasteiger partial charge in [-0.1, -0.05) is 29.8 Å². The number of para-hydroxylation sites is 1. The molecule has 0 amide bonds. The summed E-state index contributed by atoms with van der Waals surface area (Å²) >= 11 is 12.6. The van der Waals surface area contributed by atoms with Crippen molar-refractivity contribution in [2.24, 2.45) is 0 Å². The molecule has 1 aromatic rings. The third kappa shape index (κ3) is 2.33. The van der Waals surface area contributed by atoms with Gasteiger partial charge in [0.05, 0.1) is 17.9 Å². The van der Waals surface area contributed by atoms with Crippen molar-refractivity contribution >= 4 is 29.2 Å². The Labute approximate surface area is 149 Å². The van der Waals surface area contributed by atoms with E-state index in [0.717, 1.165) is 16.9 Å². The largest absolute Gasteiger partial charge is 0.464 e. The molecule has 3 unspecified atom stereocenters. The molecule has 0 bridgehead atoms. The second-order valence-corrected chi connectivity index (χ2v) is 6.69. The van der Waals surface area contributed by atoms with E-state index in [0.29, 0.717) is 23.1 Å². The lowest BCUT2D eigenvalue weighted by Gasteiger charge is -2.35. The topological polar surface area (TPSA) is 47.6 Å². The van der Waals surface area contributed by atoms with E-state index in [1.54, 1.807) is 19.1 Å². The van der Waals surface area contributed by atoms with Crippen molar-refractivity contribution in [2.75, 3.05) is 6.61 Å². The first kappa shape index (κ1) is 15.6. The Bertz CT molecular complexity index is 812. The van der Waals surface area contributed by atoms with Crippen LogP contribution < -0.4 is 10.1 Å². The molecule has 3 aliphatic rings. The number of hydrogen-bond acceptors (Lipinski definition) is 4. The molecule has 0 fully saturated rings. The van der Waals surface area contributed by atoms with E-state index < -0.39 is 11.4 Å². The Hall–Kier alpha value is -1.91. The van der Waals surface area contributed by atoms with Crippen molar-refractivity contribution < 1.29 is 14.3 Å². The van der Waals surface area contributed by atoms with Gasteiger partial charge in [-0.2, -0.15) is 0 Å². The molecule has 24 heavy (non-hydrogen) atoms. The summed E-state index contributed by atoms with van der Waals surface area (Å²) in [6, 6.07) is 7.11. The number of allylic oxidation sites excluding steroid dienone is 4. The molecule has 1 N–H and O–H groups in total.